The van der Waals surface area contributed by atoms with Gasteiger partial charge in [-0.1, -0.05) is 0 Å². The van der Waals surface area contributed by atoms with Crippen molar-refractivity contribution in [1.82, 2.24) is 16.0 Å². The molecule has 0 unspecified atom stereocenters. The van der Waals surface area contributed by atoms with Gasteiger partial charge in [-0.3, -0.25) is 14.4 Å². The molecule has 474 valence electrons. The Morgan fingerprint density at radius 3 is 1.41 bits per heavy atom. The number of hydrogen-bond donors (Lipinski definition) is 22. The van der Waals surface area contributed by atoms with Gasteiger partial charge in [0.15, 0.2) is 31.5 Å². The lowest BCUT2D eigenvalue weighted by molar-refractivity contribution is -0.373. The second-order valence-electron chi connectivity index (χ2n) is 20.5. The number of carboxylic acids is 1. The standard InChI is InChI=1S/C45H75N3O34/c1-11(53)46-21-14(56)4-45(44(70)71,82-37(21)24(58)15(57)5-49)73-10-20-26(60)31(65)34(68)43(78-20)80-35-17(7-51)76-40(22(28(35)62)47-12(2)54)72-9-19-27(61)32(66)38(39(69)74-19)81-41-23(48-13(3)55)29(63)36(18(8-52)77-41)79-42-33(67)30(64)25(59)16(6-50)75-42/h14-43,49-52,56-69H,4-10H2,1-3H3,(H,46,53)(H,47,54)(H,48,55)(H,70,71)/t14-,15+,16+,17+,18+,19+,20+,21+,22+,23+,24+,25-,26-,27+,28+,29+,30-,31-,32-,33+,34+,35+,36+,37+,38-,39-,40+,41-,42-,43-,45+/m0/s1. The van der Waals surface area contributed by atoms with Crippen molar-refractivity contribution in [3.63, 3.8) is 0 Å². The van der Waals surface area contributed by atoms with Crippen LogP contribution in [0.15, 0.2) is 0 Å². The van der Waals surface area contributed by atoms with Crippen LogP contribution in [0.2, 0.25) is 0 Å². The Balaban J connectivity index is 1.11. The van der Waals surface area contributed by atoms with E-state index in [0.29, 0.717) is 0 Å². The van der Waals surface area contributed by atoms with Crippen LogP contribution < -0.4 is 16.0 Å². The van der Waals surface area contributed by atoms with Gasteiger partial charge in [0.25, 0.3) is 5.79 Å². The lowest BCUT2D eigenvalue weighted by Crippen LogP contribution is -2.69. The van der Waals surface area contributed by atoms with Crippen LogP contribution in [-0.2, 0) is 71.3 Å². The highest BCUT2D eigenvalue weighted by atomic mass is 16.8. The van der Waals surface area contributed by atoms with Gasteiger partial charge in [-0.15, -0.1) is 0 Å². The van der Waals surface area contributed by atoms with Gasteiger partial charge in [0.05, 0.1) is 51.8 Å². The van der Waals surface area contributed by atoms with Crippen LogP contribution in [0, 0.1) is 0 Å². The summed E-state index contributed by atoms with van der Waals surface area (Å²) in [6.45, 7) is -2.94. The first-order valence-corrected chi connectivity index (χ1v) is 25.7. The highest BCUT2D eigenvalue weighted by Gasteiger charge is 2.59. The van der Waals surface area contributed by atoms with Crippen LogP contribution in [0.5, 0.6) is 0 Å². The van der Waals surface area contributed by atoms with Crippen LogP contribution >= 0.6 is 0 Å². The zero-order valence-corrected chi connectivity index (χ0v) is 43.9. The summed E-state index contributed by atoms with van der Waals surface area (Å²) in [4.78, 5) is 49.5. The lowest BCUT2D eigenvalue weighted by atomic mass is 9.88. The molecule has 0 aromatic heterocycles. The van der Waals surface area contributed by atoms with E-state index in [1.165, 1.54) is 0 Å². The van der Waals surface area contributed by atoms with Gasteiger partial charge in [0.1, 0.15) is 140 Å². The van der Waals surface area contributed by atoms with Crippen molar-refractivity contribution in [2.75, 3.05) is 39.6 Å². The van der Waals surface area contributed by atoms with E-state index >= 15 is 0 Å². The van der Waals surface area contributed by atoms with Crippen molar-refractivity contribution in [2.45, 2.75) is 217 Å². The number of ether oxygens (including phenoxy) is 11. The fourth-order valence-electron chi connectivity index (χ4n) is 10.2. The summed E-state index contributed by atoms with van der Waals surface area (Å²) in [7, 11) is 0. The van der Waals surface area contributed by atoms with E-state index in [9.17, 15) is 116 Å². The van der Waals surface area contributed by atoms with E-state index in [2.05, 4.69) is 16.0 Å². The molecule has 6 aliphatic heterocycles. The molecule has 0 saturated carbocycles. The van der Waals surface area contributed by atoms with Gasteiger partial charge < -0.3 is 165 Å². The minimum Gasteiger partial charge on any atom is -0.477 e. The molecule has 0 aliphatic carbocycles. The molecular weight excluding hydrogens is 1130 g/mol. The second-order valence-corrected chi connectivity index (χ2v) is 20.5. The van der Waals surface area contributed by atoms with E-state index in [4.69, 9.17) is 52.1 Å². The van der Waals surface area contributed by atoms with Gasteiger partial charge in [0.2, 0.25) is 17.7 Å². The Bertz CT molecular complexity index is 2090. The molecule has 0 bridgehead atoms. The smallest absolute Gasteiger partial charge is 0.364 e. The maximum absolute atomic E-state index is 12.7. The van der Waals surface area contributed by atoms with Crippen molar-refractivity contribution < 1.29 is 168 Å². The second kappa shape index (κ2) is 28.9. The number of aliphatic hydroxyl groups is 18. The van der Waals surface area contributed by atoms with E-state index in [1.54, 1.807) is 0 Å². The molecule has 0 aromatic carbocycles. The highest BCUT2D eigenvalue weighted by molar-refractivity contribution is 5.77. The molecule has 22 N–H and O–H groups in total. The average Bonchev–Trinajstić information content (AvgIpc) is 2.59. The van der Waals surface area contributed by atoms with Gasteiger partial charge in [-0.25, -0.2) is 4.79 Å². The first kappa shape index (κ1) is 67.8. The maximum atomic E-state index is 12.7. The van der Waals surface area contributed by atoms with Crippen LogP contribution in [0.4, 0.5) is 0 Å². The van der Waals surface area contributed by atoms with Gasteiger partial charge in [-0.05, 0) is 0 Å². The molecule has 6 rings (SSSR count). The van der Waals surface area contributed by atoms with Crippen LogP contribution in [0.1, 0.15) is 27.2 Å². The van der Waals surface area contributed by atoms with Gasteiger partial charge in [0, 0.05) is 27.2 Å². The fourth-order valence-corrected chi connectivity index (χ4v) is 10.2. The predicted octanol–water partition coefficient (Wildman–Crippen LogP) is -14.5. The summed E-state index contributed by atoms with van der Waals surface area (Å²) in [5.41, 5.74) is 0. The topological polar surface area (TPSA) is 590 Å². The monoisotopic (exact) mass is 1200 g/mol. The molecule has 31 atom stereocenters. The predicted molar refractivity (Wildman–Crippen MR) is 251 cm³/mol. The van der Waals surface area contributed by atoms with Gasteiger partial charge in [-0.2, -0.15) is 0 Å². The maximum Gasteiger partial charge on any atom is 0.364 e. The highest BCUT2D eigenvalue weighted by Crippen LogP contribution is 2.37. The number of nitrogens with one attached hydrogen (secondary N) is 3. The van der Waals surface area contributed by atoms with Crippen molar-refractivity contribution >= 4 is 23.7 Å². The number of aliphatic carboxylic acids is 1. The van der Waals surface area contributed by atoms with Crippen molar-refractivity contribution in [1.29, 1.82) is 0 Å². The molecule has 0 radical (unpaired) electrons. The largest absolute Gasteiger partial charge is 0.477 e. The molecule has 37 heteroatoms. The molecule has 6 heterocycles. The summed E-state index contributed by atoms with van der Waals surface area (Å²) >= 11 is 0. The number of rotatable bonds is 22. The SMILES string of the molecule is CC(=O)N[C@H]1[C@H](OC[C@H]2O[C@H](O)[C@@H](O[C@@H]3O[C@H](CO)[C@@H](O[C@@H]4O[C@H](CO)[C@H](O)[C@H](O)[C@H]4O)[C@H](O)[C@H]3NC(C)=O)[C@@H](O)[C@@H]2O)O[C@H](CO)[C@@H](O[C@@H]2O[C@H](CO[C@]3(C(=O)O)C[C@H](O)[C@@H](NC(C)=O)[C@H]([C@H](O)[C@H](O)CO)O3)[C@H](O)[C@H](O)[C@H]2O)[C@@H]1O. The Morgan fingerprint density at radius 1 is 0.500 bits per heavy atom. The zero-order chi connectivity index (χ0) is 61.0. The number of amides is 3. The summed E-state index contributed by atoms with van der Waals surface area (Å²) < 4.78 is 62.1. The van der Waals surface area contributed by atoms with Crippen molar-refractivity contribution in [3.05, 3.63) is 0 Å². The summed E-state index contributed by atoms with van der Waals surface area (Å²) in [5, 5.41) is 210. The summed E-state index contributed by atoms with van der Waals surface area (Å²) in [6.07, 6.45) is -53.5. The van der Waals surface area contributed by atoms with Crippen molar-refractivity contribution in [3.8, 4) is 0 Å². The van der Waals surface area contributed by atoms with E-state index in [1.807, 2.05) is 0 Å². The quantitative estimate of drug-likeness (QED) is 0.0479. The minimum absolute atomic E-state index is 0.785. The number of hydrogen-bond acceptors (Lipinski definition) is 33. The molecule has 3 amide bonds. The molecule has 37 nitrogen and oxygen atoms in total. The molecule has 6 fully saturated rings. The first-order valence-electron chi connectivity index (χ1n) is 25.7. The third-order valence-electron chi connectivity index (χ3n) is 14.6. The van der Waals surface area contributed by atoms with E-state index in [-0.39, 0.29) is 0 Å². The normalized spacial score (nSPS) is 46.3. The number of aliphatic hydroxyl groups excluding tert-OH is 18. The number of carbonyl (C=O) groups excluding carboxylic acids is 3. The zero-order valence-electron chi connectivity index (χ0n) is 43.9. The fraction of sp³-hybridized carbons (Fsp3) is 0.911. The summed E-state index contributed by atoms with van der Waals surface area (Å²) in [5.74, 6) is -7.38. The Kier molecular flexibility index (Phi) is 23.9. The van der Waals surface area contributed by atoms with Crippen molar-refractivity contribution in [2.24, 2.45) is 0 Å². The molecule has 0 aromatic rings. The molecule has 82 heavy (non-hydrogen) atoms. The van der Waals surface area contributed by atoms with Gasteiger partial charge >= 0.3 is 5.97 Å². The molecule has 6 saturated heterocycles. The minimum atomic E-state index is -2.97. The third-order valence-corrected chi connectivity index (χ3v) is 14.6. The van der Waals surface area contributed by atoms with E-state index < -0.39 is 259 Å². The third kappa shape index (κ3) is 14.9. The Labute approximate surface area is 463 Å². The molecule has 0 spiro atoms. The Morgan fingerprint density at radius 2 is 0.927 bits per heavy atom. The van der Waals surface area contributed by atoms with Crippen LogP contribution in [0.3, 0.4) is 0 Å². The van der Waals surface area contributed by atoms with Crippen LogP contribution in [-0.4, -0.2) is 350 Å². The molecular formula is C45H75N3O34. The van der Waals surface area contributed by atoms with Crippen LogP contribution in [0.25, 0.3) is 0 Å². The number of carboxylic acid groups (broad SMARTS) is 1. The average molecular weight is 1200 g/mol. The first-order chi connectivity index (χ1) is 38.5. The summed E-state index contributed by atoms with van der Waals surface area (Å²) in [6, 6.07) is -5.01. The Hall–Kier alpha value is -3.28. The molecule has 6 aliphatic rings. The number of carbonyl (C=O) groups is 4. The lowest BCUT2D eigenvalue weighted by Gasteiger charge is -2.49. The van der Waals surface area contributed by atoms with E-state index in [0.717, 1.165) is 20.8 Å².